The SMILES string of the molecule is COC(=O)C1=CCC2=C(C=C1)C=CC(C(=O)OC)C=C2. The quantitative estimate of drug-likeness (QED) is 0.723. The van der Waals surface area contributed by atoms with E-state index >= 15 is 0 Å². The molecule has 2 rings (SSSR count). The van der Waals surface area contributed by atoms with Crippen molar-refractivity contribution in [2.75, 3.05) is 14.2 Å². The van der Waals surface area contributed by atoms with E-state index in [1.165, 1.54) is 14.2 Å². The summed E-state index contributed by atoms with van der Waals surface area (Å²) in [5.74, 6) is -1.01. The van der Waals surface area contributed by atoms with E-state index in [0.717, 1.165) is 11.1 Å². The Kier molecular flexibility index (Phi) is 4.35. The number of allylic oxidation sites excluding steroid dienone is 6. The number of carbonyl (C=O) groups is 2. The predicted molar refractivity (Wildman–Crippen MR) is 74.7 cm³/mol. The molecule has 4 heteroatoms. The monoisotopic (exact) mass is 272 g/mol. The van der Waals surface area contributed by atoms with Crippen LogP contribution < -0.4 is 0 Å². The minimum atomic E-state index is -0.371. The highest BCUT2D eigenvalue weighted by atomic mass is 16.5. The Labute approximate surface area is 117 Å². The van der Waals surface area contributed by atoms with Crippen molar-refractivity contribution < 1.29 is 19.1 Å². The summed E-state index contributed by atoms with van der Waals surface area (Å²) in [5, 5.41) is 0. The van der Waals surface area contributed by atoms with Crippen LogP contribution in [0.5, 0.6) is 0 Å². The average Bonchev–Trinajstić information content (AvgIpc) is 2.79. The number of ether oxygens (including phenoxy) is 2. The van der Waals surface area contributed by atoms with Gasteiger partial charge in [-0.1, -0.05) is 36.5 Å². The minimum Gasteiger partial charge on any atom is -0.468 e. The Morgan fingerprint density at radius 1 is 1.05 bits per heavy atom. The molecular formula is C16H16O4. The van der Waals surface area contributed by atoms with Crippen LogP contribution >= 0.6 is 0 Å². The van der Waals surface area contributed by atoms with E-state index in [2.05, 4.69) is 0 Å². The van der Waals surface area contributed by atoms with Gasteiger partial charge in [-0.15, -0.1) is 0 Å². The lowest BCUT2D eigenvalue weighted by Gasteiger charge is -2.03. The summed E-state index contributed by atoms with van der Waals surface area (Å²) in [5.41, 5.74) is 2.55. The standard InChI is InChI=1S/C16H16O4/c1-19-15(17)13-7-3-11-5-9-14(16(18)20-2)10-6-12(11)4-8-13/h3-5,7-10,13H,6H2,1-2H3. The Morgan fingerprint density at radius 2 is 1.80 bits per heavy atom. The second kappa shape index (κ2) is 6.19. The maximum atomic E-state index is 11.5. The van der Waals surface area contributed by atoms with E-state index in [-0.39, 0.29) is 17.9 Å². The van der Waals surface area contributed by atoms with Gasteiger partial charge in [0, 0.05) is 0 Å². The van der Waals surface area contributed by atoms with Crippen molar-refractivity contribution in [2.24, 2.45) is 5.92 Å². The molecule has 0 aliphatic heterocycles. The van der Waals surface area contributed by atoms with Crippen LogP contribution in [0.25, 0.3) is 0 Å². The highest BCUT2D eigenvalue weighted by molar-refractivity contribution is 5.92. The van der Waals surface area contributed by atoms with Gasteiger partial charge in [-0.25, -0.2) is 4.79 Å². The first-order valence-electron chi connectivity index (χ1n) is 6.29. The number of carbonyl (C=O) groups excluding carboxylic acids is 2. The molecule has 0 aromatic rings. The zero-order chi connectivity index (χ0) is 14.5. The van der Waals surface area contributed by atoms with Gasteiger partial charge in [0.05, 0.1) is 25.7 Å². The smallest absolute Gasteiger partial charge is 0.337 e. The molecule has 0 bridgehead atoms. The Bertz CT molecular complexity index is 573. The maximum Gasteiger partial charge on any atom is 0.337 e. The van der Waals surface area contributed by atoms with Gasteiger partial charge in [0.25, 0.3) is 0 Å². The summed E-state index contributed by atoms with van der Waals surface area (Å²) in [6.07, 6.45) is 13.4. The van der Waals surface area contributed by atoms with Crippen LogP contribution in [0.4, 0.5) is 0 Å². The van der Waals surface area contributed by atoms with Crippen LogP contribution in [0.2, 0.25) is 0 Å². The fourth-order valence-electron chi connectivity index (χ4n) is 2.07. The van der Waals surface area contributed by atoms with Crippen LogP contribution in [0.1, 0.15) is 6.42 Å². The number of hydrogen-bond donors (Lipinski definition) is 0. The Morgan fingerprint density at radius 3 is 2.50 bits per heavy atom. The third kappa shape index (κ3) is 2.96. The van der Waals surface area contributed by atoms with Gasteiger partial charge in [-0.05, 0) is 23.6 Å². The average molecular weight is 272 g/mol. The molecule has 4 nitrogen and oxygen atoms in total. The molecule has 2 aliphatic rings. The van der Waals surface area contributed by atoms with Gasteiger partial charge in [-0.2, -0.15) is 0 Å². The Hall–Kier alpha value is -2.36. The third-order valence-electron chi connectivity index (χ3n) is 3.24. The summed E-state index contributed by atoms with van der Waals surface area (Å²) in [4.78, 5) is 23.1. The highest BCUT2D eigenvalue weighted by Gasteiger charge is 2.16. The van der Waals surface area contributed by atoms with Crippen LogP contribution in [0, 0.1) is 5.92 Å². The van der Waals surface area contributed by atoms with Crippen molar-refractivity contribution in [3.63, 3.8) is 0 Å². The molecule has 20 heavy (non-hydrogen) atoms. The summed E-state index contributed by atoms with van der Waals surface area (Å²) in [7, 11) is 2.74. The lowest BCUT2D eigenvalue weighted by Crippen LogP contribution is -2.10. The molecule has 0 aromatic heterocycles. The van der Waals surface area contributed by atoms with Gasteiger partial charge >= 0.3 is 11.9 Å². The van der Waals surface area contributed by atoms with Gasteiger partial charge < -0.3 is 9.47 Å². The number of methoxy groups -OCH3 is 2. The van der Waals surface area contributed by atoms with Crippen LogP contribution in [-0.4, -0.2) is 26.2 Å². The molecule has 0 radical (unpaired) electrons. The molecule has 2 aliphatic carbocycles. The number of hydrogen-bond acceptors (Lipinski definition) is 4. The lowest BCUT2D eigenvalue weighted by molar-refractivity contribution is -0.142. The van der Waals surface area contributed by atoms with Crippen molar-refractivity contribution in [1.82, 2.24) is 0 Å². The largest absolute Gasteiger partial charge is 0.468 e. The van der Waals surface area contributed by atoms with Crippen molar-refractivity contribution in [1.29, 1.82) is 0 Å². The van der Waals surface area contributed by atoms with Crippen molar-refractivity contribution >= 4 is 11.9 Å². The van der Waals surface area contributed by atoms with E-state index in [4.69, 9.17) is 9.47 Å². The molecular weight excluding hydrogens is 256 g/mol. The minimum absolute atomic E-state index is 0.287. The fourth-order valence-corrected chi connectivity index (χ4v) is 2.07. The van der Waals surface area contributed by atoms with Crippen molar-refractivity contribution in [3.8, 4) is 0 Å². The first-order valence-corrected chi connectivity index (χ1v) is 6.29. The number of esters is 2. The maximum absolute atomic E-state index is 11.5. The molecule has 1 unspecified atom stereocenters. The predicted octanol–water partition coefficient (Wildman–Crippen LogP) is 2.26. The summed E-state index contributed by atoms with van der Waals surface area (Å²) >= 11 is 0. The zero-order valence-corrected chi connectivity index (χ0v) is 11.5. The molecule has 0 N–H and O–H groups in total. The van der Waals surface area contributed by atoms with Crippen LogP contribution in [0.3, 0.4) is 0 Å². The Balaban J connectivity index is 2.22. The van der Waals surface area contributed by atoms with E-state index in [9.17, 15) is 9.59 Å². The highest BCUT2D eigenvalue weighted by Crippen LogP contribution is 2.24. The van der Waals surface area contributed by atoms with Gasteiger partial charge in [0.15, 0.2) is 0 Å². The van der Waals surface area contributed by atoms with Crippen LogP contribution in [-0.2, 0) is 19.1 Å². The lowest BCUT2D eigenvalue weighted by atomic mass is 10.1. The normalized spacial score (nSPS) is 20.7. The second-order valence-corrected chi connectivity index (χ2v) is 4.44. The van der Waals surface area contributed by atoms with E-state index in [1.807, 2.05) is 24.3 Å². The van der Waals surface area contributed by atoms with E-state index in [1.54, 1.807) is 18.2 Å². The van der Waals surface area contributed by atoms with Crippen molar-refractivity contribution in [3.05, 3.63) is 59.3 Å². The number of rotatable bonds is 2. The molecule has 0 amide bonds. The van der Waals surface area contributed by atoms with Crippen molar-refractivity contribution in [2.45, 2.75) is 6.42 Å². The summed E-state index contributed by atoms with van der Waals surface area (Å²) in [6.45, 7) is 0. The topological polar surface area (TPSA) is 52.6 Å². The molecule has 0 saturated carbocycles. The molecule has 0 fully saturated rings. The molecule has 0 heterocycles. The second-order valence-electron chi connectivity index (χ2n) is 4.44. The van der Waals surface area contributed by atoms with Gasteiger partial charge in [0.2, 0.25) is 0 Å². The third-order valence-corrected chi connectivity index (χ3v) is 3.24. The summed E-state index contributed by atoms with van der Waals surface area (Å²) < 4.78 is 9.45. The first-order chi connectivity index (χ1) is 9.65. The van der Waals surface area contributed by atoms with Gasteiger partial charge in [-0.3, -0.25) is 4.79 Å². The molecule has 0 saturated heterocycles. The van der Waals surface area contributed by atoms with Crippen LogP contribution in [0.15, 0.2) is 59.3 Å². The molecule has 0 spiro atoms. The summed E-state index contributed by atoms with van der Waals surface area (Å²) in [6, 6.07) is 0. The fraction of sp³-hybridized carbons (Fsp3) is 0.250. The first kappa shape index (κ1) is 14.1. The van der Waals surface area contributed by atoms with Gasteiger partial charge in [0.1, 0.15) is 0 Å². The zero-order valence-electron chi connectivity index (χ0n) is 11.5. The van der Waals surface area contributed by atoms with E-state index in [0.29, 0.717) is 12.0 Å². The molecule has 0 aromatic carbocycles. The van der Waals surface area contributed by atoms with E-state index < -0.39 is 0 Å². The molecule has 1 atom stereocenters. The molecule has 104 valence electrons.